The summed E-state index contributed by atoms with van der Waals surface area (Å²) < 4.78 is 9.97. The van der Waals surface area contributed by atoms with Gasteiger partial charge in [-0.1, -0.05) is 0 Å². The van der Waals surface area contributed by atoms with Gasteiger partial charge >= 0.3 is 5.97 Å². The maximum Gasteiger partial charge on any atom is 0.336 e. The predicted molar refractivity (Wildman–Crippen MR) is 56.6 cm³/mol. The standard InChI is InChI=1S/C11H12O5/c1-6-8(15-2)4-9(16-3)7(5-12)10(6)11(13)14/h4-5H,1-3H3,(H,13,14). The third kappa shape index (κ3) is 1.84. The minimum atomic E-state index is -1.18. The Labute approximate surface area is 92.6 Å². The summed E-state index contributed by atoms with van der Waals surface area (Å²) in [6, 6.07) is 1.49. The van der Waals surface area contributed by atoms with E-state index in [9.17, 15) is 9.59 Å². The van der Waals surface area contributed by atoms with Gasteiger partial charge in [-0.05, 0) is 6.92 Å². The third-order valence-corrected chi connectivity index (χ3v) is 2.31. The van der Waals surface area contributed by atoms with Crippen molar-refractivity contribution in [1.82, 2.24) is 0 Å². The fourth-order valence-corrected chi connectivity index (χ4v) is 1.53. The average Bonchev–Trinajstić information content (AvgIpc) is 2.27. The summed E-state index contributed by atoms with van der Waals surface area (Å²) in [5.74, 6) is -0.619. The Morgan fingerprint density at radius 1 is 1.31 bits per heavy atom. The minimum Gasteiger partial charge on any atom is -0.496 e. The zero-order chi connectivity index (χ0) is 12.3. The molecule has 0 aliphatic heterocycles. The molecular formula is C11H12O5. The van der Waals surface area contributed by atoms with E-state index in [1.165, 1.54) is 20.3 Å². The molecule has 1 rings (SSSR count). The van der Waals surface area contributed by atoms with Crippen LogP contribution in [-0.2, 0) is 0 Å². The highest BCUT2D eigenvalue weighted by atomic mass is 16.5. The van der Waals surface area contributed by atoms with Gasteiger partial charge in [-0.15, -0.1) is 0 Å². The molecule has 0 fully saturated rings. The van der Waals surface area contributed by atoms with Gasteiger partial charge in [-0.2, -0.15) is 0 Å². The first-order valence-corrected chi connectivity index (χ1v) is 4.50. The number of aldehydes is 1. The summed E-state index contributed by atoms with van der Waals surface area (Å²) in [5.41, 5.74) is 0.331. The van der Waals surface area contributed by atoms with Crippen LogP contribution in [0, 0.1) is 6.92 Å². The lowest BCUT2D eigenvalue weighted by Gasteiger charge is -2.13. The highest BCUT2D eigenvalue weighted by Crippen LogP contribution is 2.32. The van der Waals surface area contributed by atoms with E-state index < -0.39 is 5.97 Å². The van der Waals surface area contributed by atoms with Crippen LogP contribution in [0.25, 0.3) is 0 Å². The highest BCUT2D eigenvalue weighted by Gasteiger charge is 2.21. The number of hydrogen-bond acceptors (Lipinski definition) is 4. The number of rotatable bonds is 4. The van der Waals surface area contributed by atoms with Gasteiger partial charge in [0.1, 0.15) is 11.5 Å². The molecule has 0 bridgehead atoms. The van der Waals surface area contributed by atoms with E-state index in [-0.39, 0.29) is 16.9 Å². The van der Waals surface area contributed by atoms with Crippen LogP contribution in [0.3, 0.4) is 0 Å². The van der Waals surface area contributed by atoms with Crippen molar-refractivity contribution in [1.29, 1.82) is 0 Å². The van der Waals surface area contributed by atoms with Gasteiger partial charge in [0.2, 0.25) is 0 Å². The van der Waals surface area contributed by atoms with Gasteiger partial charge in [0.25, 0.3) is 0 Å². The molecule has 0 saturated carbocycles. The maximum atomic E-state index is 11.1. The van der Waals surface area contributed by atoms with Crippen molar-refractivity contribution < 1.29 is 24.2 Å². The molecular weight excluding hydrogens is 212 g/mol. The smallest absolute Gasteiger partial charge is 0.336 e. The molecule has 5 heteroatoms. The lowest BCUT2D eigenvalue weighted by molar-refractivity contribution is 0.0692. The second-order valence-electron chi connectivity index (χ2n) is 3.12. The van der Waals surface area contributed by atoms with Crippen LogP contribution < -0.4 is 9.47 Å². The zero-order valence-corrected chi connectivity index (χ0v) is 9.23. The minimum absolute atomic E-state index is 0.0216. The van der Waals surface area contributed by atoms with Crippen molar-refractivity contribution in [3.05, 3.63) is 22.8 Å². The Kier molecular flexibility index (Phi) is 3.50. The van der Waals surface area contributed by atoms with Gasteiger partial charge in [-0.3, -0.25) is 4.79 Å². The number of benzene rings is 1. The van der Waals surface area contributed by atoms with Gasteiger partial charge in [0, 0.05) is 11.6 Å². The molecule has 0 aromatic heterocycles. The first-order valence-electron chi connectivity index (χ1n) is 4.50. The molecule has 5 nitrogen and oxygen atoms in total. The zero-order valence-electron chi connectivity index (χ0n) is 9.23. The first kappa shape index (κ1) is 12.0. The molecule has 0 radical (unpaired) electrons. The summed E-state index contributed by atoms with van der Waals surface area (Å²) in [6.07, 6.45) is 0.467. The van der Waals surface area contributed by atoms with Crippen molar-refractivity contribution in [3.63, 3.8) is 0 Å². The molecule has 0 saturated heterocycles. The topological polar surface area (TPSA) is 72.8 Å². The molecule has 1 N–H and O–H groups in total. The van der Waals surface area contributed by atoms with E-state index in [0.29, 0.717) is 17.6 Å². The monoisotopic (exact) mass is 224 g/mol. The molecule has 0 unspecified atom stereocenters. The van der Waals surface area contributed by atoms with Crippen molar-refractivity contribution >= 4 is 12.3 Å². The number of ether oxygens (including phenoxy) is 2. The number of carbonyl (C=O) groups is 2. The van der Waals surface area contributed by atoms with Crippen LogP contribution in [0.15, 0.2) is 6.07 Å². The Morgan fingerprint density at radius 3 is 2.25 bits per heavy atom. The molecule has 86 valence electrons. The molecule has 1 aromatic rings. The van der Waals surface area contributed by atoms with E-state index in [0.717, 1.165) is 0 Å². The van der Waals surface area contributed by atoms with E-state index in [4.69, 9.17) is 14.6 Å². The summed E-state index contributed by atoms with van der Waals surface area (Å²) in [5, 5.41) is 9.05. The van der Waals surface area contributed by atoms with Crippen LogP contribution in [0.1, 0.15) is 26.3 Å². The average molecular weight is 224 g/mol. The number of carboxylic acids is 1. The van der Waals surface area contributed by atoms with E-state index in [1.54, 1.807) is 6.92 Å². The van der Waals surface area contributed by atoms with Gasteiger partial charge in [-0.25, -0.2) is 4.79 Å². The Balaban J connectivity index is 3.64. The van der Waals surface area contributed by atoms with Crippen LogP contribution >= 0.6 is 0 Å². The first-order chi connectivity index (χ1) is 7.56. The van der Waals surface area contributed by atoms with Crippen LogP contribution in [0.4, 0.5) is 0 Å². The van der Waals surface area contributed by atoms with Gasteiger partial charge < -0.3 is 14.6 Å². The highest BCUT2D eigenvalue weighted by molar-refractivity contribution is 6.01. The molecule has 0 atom stereocenters. The largest absolute Gasteiger partial charge is 0.496 e. The second-order valence-corrected chi connectivity index (χ2v) is 3.12. The lowest BCUT2D eigenvalue weighted by atomic mass is 10.0. The van der Waals surface area contributed by atoms with Crippen molar-refractivity contribution in [2.24, 2.45) is 0 Å². The predicted octanol–water partition coefficient (Wildman–Crippen LogP) is 1.52. The number of hydrogen-bond donors (Lipinski definition) is 1. The van der Waals surface area contributed by atoms with Crippen LogP contribution in [-0.4, -0.2) is 31.6 Å². The molecule has 0 spiro atoms. The Hall–Kier alpha value is -2.04. The third-order valence-electron chi connectivity index (χ3n) is 2.31. The number of carboxylic acid groups (broad SMARTS) is 1. The van der Waals surface area contributed by atoms with Crippen molar-refractivity contribution in [2.75, 3.05) is 14.2 Å². The van der Waals surface area contributed by atoms with E-state index >= 15 is 0 Å². The van der Waals surface area contributed by atoms with Crippen molar-refractivity contribution in [2.45, 2.75) is 6.92 Å². The quantitative estimate of drug-likeness (QED) is 0.785. The van der Waals surface area contributed by atoms with Gasteiger partial charge in [0.15, 0.2) is 6.29 Å². The SMILES string of the molecule is COc1cc(OC)c(C=O)c(C(=O)O)c1C. The molecule has 0 amide bonds. The second kappa shape index (κ2) is 4.65. The number of methoxy groups -OCH3 is 2. The van der Waals surface area contributed by atoms with E-state index in [1.807, 2.05) is 0 Å². The fourth-order valence-electron chi connectivity index (χ4n) is 1.53. The molecule has 0 aliphatic rings. The summed E-state index contributed by atoms with van der Waals surface area (Å²) >= 11 is 0. The molecule has 0 aliphatic carbocycles. The molecule has 1 aromatic carbocycles. The molecule has 0 heterocycles. The van der Waals surface area contributed by atoms with Gasteiger partial charge in [0.05, 0.1) is 25.3 Å². The summed E-state index contributed by atoms with van der Waals surface area (Å²) in [7, 11) is 2.79. The summed E-state index contributed by atoms with van der Waals surface area (Å²) in [6.45, 7) is 1.58. The van der Waals surface area contributed by atoms with Crippen LogP contribution in [0.2, 0.25) is 0 Å². The fraction of sp³-hybridized carbons (Fsp3) is 0.273. The Bertz CT molecular complexity index is 436. The van der Waals surface area contributed by atoms with Crippen molar-refractivity contribution in [3.8, 4) is 11.5 Å². The normalized spacial score (nSPS) is 9.69. The van der Waals surface area contributed by atoms with Crippen LogP contribution in [0.5, 0.6) is 11.5 Å². The summed E-state index contributed by atoms with van der Waals surface area (Å²) in [4.78, 5) is 21.9. The lowest BCUT2D eigenvalue weighted by Crippen LogP contribution is -2.08. The Morgan fingerprint density at radius 2 is 1.88 bits per heavy atom. The van der Waals surface area contributed by atoms with E-state index in [2.05, 4.69) is 0 Å². The number of carbonyl (C=O) groups excluding carboxylic acids is 1. The maximum absolute atomic E-state index is 11.1. The molecule has 16 heavy (non-hydrogen) atoms. The number of aromatic carboxylic acids is 1.